The van der Waals surface area contributed by atoms with Gasteiger partial charge in [-0.2, -0.15) is 0 Å². The fraction of sp³-hybridized carbons (Fsp3) is 0.724. The fourth-order valence-corrected chi connectivity index (χ4v) is 7.00. The molecule has 2 aliphatic carbocycles. The quantitative estimate of drug-likeness (QED) is 0.486. The average molecular weight is 487 g/mol. The third kappa shape index (κ3) is 6.91. The minimum Gasteiger partial charge on any atom is -0.381 e. The number of piperidine rings is 1. The Kier molecular flexibility index (Phi) is 9.34. The van der Waals surface area contributed by atoms with Crippen molar-refractivity contribution in [3.8, 4) is 0 Å². The van der Waals surface area contributed by atoms with Crippen LogP contribution in [-0.4, -0.2) is 49.4 Å². The van der Waals surface area contributed by atoms with Crippen molar-refractivity contribution in [2.24, 2.45) is 35.3 Å². The van der Waals surface area contributed by atoms with Crippen LogP contribution in [0.5, 0.6) is 0 Å². The van der Waals surface area contributed by atoms with Gasteiger partial charge >= 0.3 is 0 Å². The number of Topliss-reactive ketones (excluding diaryl/α,β-unsaturated/α-hetero) is 1. The van der Waals surface area contributed by atoms with Crippen LogP contribution in [0.4, 0.5) is 4.39 Å². The molecule has 194 valence electrons. The molecule has 2 N–H and O–H groups in total. The normalized spacial score (nSPS) is 29.5. The van der Waals surface area contributed by atoms with Crippen molar-refractivity contribution in [3.05, 3.63) is 35.6 Å². The van der Waals surface area contributed by atoms with Gasteiger partial charge in [0.15, 0.2) is 5.78 Å². The third-order valence-electron chi connectivity index (χ3n) is 9.23. The summed E-state index contributed by atoms with van der Waals surface area (Å²) >= 11 is 0. The second-order valence-corrected chi connectivity index (χ2v) is 11.3. The first kappa shape index (κ1) is 26.3. The second-order valence-electron chi connectivity index (χ2n) is 11.3. The largest absolute Gasteiger partial charge is 0.381 e. The van der Waals surface area contributed by atoms with Crippen LogP contribution in [-0.2, 0) is 9.53 Å². The Labute approximate surface area is 210 Å². The van der Waals surface area contributed by atoms with Gasteiger partial charge in [-0.3, -0.25) is 9.59 Å². The summed E-state index contributed by atoms with van der Waals surface area (Å²) < 4.78 is 18.7. The van der Waals surface area contributed by atoms with Crippen LogP contribution in [0.15, 0.2) is 24.3 Å². The van der Waals surface area contributed by atoms with Crippen molar-refractivity contribution in [2.45, 2.75) is 76.7 Å². The lowest BCUT2D eigenvalue weighted by Gasteiger charge is -2.39. The summed E-state index contributed by atoms with van der Waals surface area (Å²) in [4.78, 5) is 27.6. The molecular formula is C29H43FN2O3. The summed E-state index contributed by atoms with van der Waals surface area (Å²) in [5.41, 5.74) is 6.54. The number of primary amides is 1. The molecule has 0 radical (unpaired) electrons. The second kappa shape index (κ2) is 12.4. The van der Waals surface area contributed by atoms with Crippen LogP contribution in [0.1, 0.15) is 81.0 Å². The highest BCUT2D eigenvalue weighted by Gasteiger charge is 2.38. The highest BCUT2D eigenvalue weighted by molar-refractivity contribution is 5.97. The molecule has 4 rings (SSSR count). The zero-order valence-electron chi connectivity index (χ0n) is 21.3. The standard InChI is InChI=1S/C29H43FN2O3/c1-35-26-12-8-22(9-13-26)27(29(31)34)21-4-2-20(3-5-21)14-17-32-18-15-24(16-19-32)28(33)23-6-10-25(30)11-7-23/h6-7,10-11,20-22,24,26-27H,2-5,8-9,12-19H2,1H3,(H2,31,34). The number of methoxy groups -OCH3 is 1. The van der Waals surface area contributed by atoms with Crippen LogP contribution in [0.25, 0.3) is 0 Å². The molecule has 1 unspecified atom stereocenters. The number of benzene rings is 1. The number of ether oxygens (including phenoxy) is 1. The number of amides is 1. The van der Waals surface area contributed by atoms with Crippen molar-refractivity contribution >= 4 is 11.7 Å². The molecule has 0 aromatic heterocycles. The van der Waals surface area contributed by atoms with E-state index in [4.69, 9.17) is 10.5 Å². The predicted molar refractivity (Wildman–Crippen MR) is 135 cm³/mol. The van der Waals surface area contributed by atoms with Gasteiger partial charge in [-0.15, -0.1) is 0 Å². The van der Waals surface area contributed by atoms with Crippen LogP contribution in [0, 0.1) is 35.4 Å². The predicted octanol–water partition coefficient (Wildman–Crippen LogP) is 5.22. The lowest BCUT2D eigenvalue weighted by atomic mass is 9.67. The van der Waals surface area contributed by atoms with Crippen molar-refractivity contribution in [1.29, 1.82) is 0 Å². The molecule has 3 fully saturated rings. The van der Waals surface area contributed by atoms with Gasteiger partial charge in [0.25, 0.3) is 0 Å². The number of hydrogen-bond acceptors (Lipinski definition) is 4. The van der Waals surface area contributed by atoms with Gasteiger partial charge in [-0.25, -0.2) is 4.39 Å². The summed E-state index contributed by atoms with van der Waals surface area (Å²) in [5.74, 6) is 1.45. The van der Waals surface area contributed by atoms with E-state index in [1.165, 1.54) is 31.4 Å². The van der Waals surface area contributed by atoms with E-state index in [9.17, 15) is 14.0 Å². The van der Waals surface area contributed by atoms with Gasteiger partial charge in [0.1, 0.15) is 5.82 Å². The molecule has 1 amide bonds. The van der Waals surface area contributed by atoms with Crippen LogP contribution in [0.2, 0.25) is 0 Å². The van der Waals surface area contributed by atoms with Gasteiger partial charge in [0.05, 0.1) is 6.10 Å². The summed E-state index contributed by atoms with van der Waals surface area (Å²) in [6.07, 6.45) is 12.2. The topological polar surface area (TPSA) is 72.6 Å². The maximum absolute atomic E-state index is 13.1. The molecule has 1 atom stereocenters. The zero-order valence-corrected chi connectivity index (χ0v) is 21.3. The molecule has 0 bridgehead atoms. The molecule has 1 aliphatic heterocycles. The van der Waals surface area contributed by atoms with Gasteiger partial charge in [-0.1, -0.05) is 12.8 Å². The number of carbonyl (C=O) groups excluding carboxylic acids is 2. The van der Waals surface area contributed by atoms with E-state index in [1.807, 2.05) is 0 Å². The number of rotatable bonds is 9. The fourth-order valence-electron chi connectivity index (χ4n) is 7.00. The lowest BCUT2D eigenvalue weighted by Crippen LogP contribution is -2.40. The molecule has 1 saturated heterocycles. The van der Waals surface area contributed by atoms with Gasteiger partial charge in [0.2, 0.25) is 5.91 Å². The minimum atomic E-state index is -0.301. The maximum Gasteiger partial charge on any atom is 0.221 e. The van der Waals surface area contributed by atoms with Crippen molar-refractivity contribution in [3.63, 3.8) is 0 Å². The molecular weight excluding hydrogens is 443 g/mol. The Morgan fingerprint density at radius 1 is 0.943 bits per heavy atom. The van der Waals surface area contributed by atoms with E-state index in [0.717, 1.165) is 76.9 Å². The zero-order chi connectivity index (χ0) is 24.8. The Bertz CT molecular complexity index is 821. The van der Waals surface area contributed by atoms with Gasteiger partial charge in [0, 0.05) is 24.5 Å². The van der Waals surface area contributed by atoms with Gasteiger partial charge < -0.3 is 15.4 Å². The Morgan fingerprint density at radius 3 is 2.06 bits per heavy atom. The van der Waals surface area contributed by atoms with E-state index < -0.39 is 0 Å². The summed E-state index contributed by atoms with van der Waals surface area (Å²) in [7, 11) is 1.79. The van der Waals surface area contributed by atoms with E-state index in [-0.39, 0.29) is 29.3 Å². The molecule has 3 aliphatic rings. The number of hydrogen-bond donors (Lipinski definition) is 1. The van der Waals surface area contributed by atoms with Crippen LogP contribution in [0.3, 0.4) is 0 Å². The molecule has 1 aromatic rings. The first-order valence-corrected chi connectivity index (χ1v) is 13.8. The van der Waals surface area contributed by atoms with Crippen LogP contribution < -0.4 is 5.73 Å². The molecule has 1 heterocycles. The van der Waals surface area contributed by atoms with Crippen molar-refractivity contribution in [2.75, 3.05) is 26.7 Å². The molecule has 0 spiro atoms. The summed E-state index contributed by atoms with van der Waals surface area (Å²) in [5, 5.41) is 0. The number of ketones is 1. The number of likely N-dealkylation sites (tertiary alicyclic amines) is 1. The highest BCUT2D eigenvalue weighted by atomic mass is 19.1. The Morgan fingerprint density at radius 2 is 1.51 bits per heavy atom. The first-order valence-electron chi connectivity index (χ1n) is 13.8. The third-order valence-corrected chi connectivity index (χ3v) is 9.23. The molecule has 6 heteroatoms. The van der Waals surface area contributed by atoms with E-state index in [1.54, 1.807) is 19.2 Å². The smallest absolute Gasteiger partial charge is 0.221 e. The molecule has 2 saturated carbocycles. The van der Waals surface area contributed by atoms with Crippen molar-refractivity contribution in [1.82, 2.24) is 4.90 Å². The van der Waals surface area contributed by atoms with Crippen molar-refractivity contribution < 1.29 is 18.7 Å². The number of halogens is 1. The molecule has 35 heavy (non-hydrogen) atoms. The van der Waals surface area contributed by atoms with E-state index in [2.05, 4.69) is 4.90 Å². The lowest BCUT2D eigenvalue weighted by molar-refractivity contribution is -0.127. The molecule has 1 aromatic carbocycles. The van der Waals surface area contributed by atoms with Gasteiger partial charge in [-0.05, 0) is 119 Å². The monoisotopic (exact) mass is 486 g/mol. The Hall–Kier alpha value is -1.79. The highest BCUT2D eigenvalue weighted by Crippen LogP contribution is 2.42. The number of nitrogens with zero attached hydrogens (tertiary/aromatic N) is 1. The van der Waals surface area contributed by atoms with E-state index in [0.29, 0.717) is 23.5 Å². The first-order chi connectivity index (χ1) is 16.9. The SMILES string of the molecule is COC1CCC(C(C(N)=O)C2CCC(CCN3CCC(C(=O)c4ccc(F)cc4)CC3)CC2)CC1. The van der Waals surface area contributed by atoms with Crippen LogP contribution >= 0.6 is 0 Å². The van der Waals surface area contributed by atoms with E-state index >= 15 is 0 Å². The minimum absolute atomic E-state index is 0.0337. The summed E-state index contributed by atoms with van der Waals surface area (Å²) in [6.45, 7) is 3.01. The Balaban J connectivity index is 1.17. The average Bonchev–Trinajstić information content (AvgIpc) is 2.89. The maximum atomic E-state index is 13.1. The molecule has 5 nitrogen and oxygen atoms in total. The number of nitrogens with two attached hydrogens (primary N) is 1. The number of carbonyl (C=O) groups is 2. The summed E-state index contributed by atoms with van der Waals surface area (Å²) in [6, 6.07) is 5.95.